The lowest BCUT2D eigenvalue weighted by molar-refractivity contribution is -0.167. The Morgan fingerprint density at radius 1 is 0.247 bits per heavy atom. The van der Waals surface area contributed by atoms with Crippen molar-refractivity contribution in [2.45, 2.75) is 348 Å². The second-order valence-corrected chi connectivity index (χ2v) is 23.1. The summed E-state index contributed by atoms with van der Waals surface area (Å²) in [6.07, 6.45) is 92.8. The van der Waals surface area contributed by atoms with Gasteiger partial charge in [0.1, 0.15) is 13.2 Å². The monoisotopic (exact) mass is 1130 g/mol. The summed E-state index contributed by atoms with van der Waals surface area (Å²) in [6.45, 7) is 6.57. The van der Waals surface area contributed by atoms with Crippen molar-refractivity contribution >= 4 is 17.9 Å². The van der Waals surface area contributed by atoms with E-state index in [2.05, 4.69) is 118 Å². The summed E-state index contributed by atoms with van der Waals surface area (Å²) < 4.78 is 17.0. The van der Waals surface area contributed by atoms with Crippen molar-refractivity contribution in [2.75, 3.05) is 13.2 Å². The van der Waals surface area contributed by atoms with E-state index in [9.17, 15) is 14.4 Å². The van der Waals surface area contributed by atoms with E-state index in [1.165, 1.54) is 186 Å². The minimum Gasteiger partial charge on any atom is -0.462 e. The molecule has 0 spiro atoms. The third kappa shape index (κ3) is 67.0. The van der Waals surface area contributed by atoms with Gasteiger partial charge < -0.3 is 14.2 Å². The van der Waals surface area contributed by atoms with Gasteiger partial charge in [0.25, 0.3) is 0 Å². The van der Waals surface area contributed by atoms with E-state index >= 15 is 0 Å². The van der Waals surface area contributed by atoms with Gasteiger partial charge in [-0.1, -0.05) is 298 Å². The predicted molar refractivity (Wildman–Crippen MR) is 353 cm³/mol. The van der Waals surface area contributed by atoms with Gasteiger partial charge in [-0.2, -0.15) is 0 Å². The standard InChI is InChI=1S/C75H130O6/c1-4-7-10-13-16-19-22-25-27-29-31-33-35-37-39-41-43-45-47-50-53-56-59-62-65-68-74(77)80-71-72(70-79-73(76)67-64-61-58-55-52-49-24-21-18-15-12-9-6-3)81-75(78)69-66-63-60-57-54-51-48-46-44-42-40-38-36-34-32-30-28-26-23-20-17-14-11-8-5-2/h12,15,21-26,29-32,35-38,72H,4-11,13-14,16-20,27-28,33-34,39-71H2,1-3H3/b15-12-,24-21-,25-22-,26-23-,31-29-,32-30-,37-35-,38-36-. The van der Waals surface area contributed by atoms with E-state index in [1.807, 2.05) is 0 Å². The molecule has 6 nitrogen and oxygen atoms in total. The Hall–Kier alpha value is -3.67. The number of esters is 3. The van der Waals surface area contributed by atoms with Crippen molar-refractivity contribution in [1.29, 1.82) is 0 Å². The molecule has 0 radical (unpaired) electrons. The smallest absolute Gasteiger partial charge is 0.306 e. The highest BCUT2D eigenvalue weighted by Gasteiger charge is 2.19. The lowest BCUT2D eigenvalue weighted by Crippen LogP contribution is -2.30. The number of hydrogen-bond donors (Lipinski definition) is 0. The third-order valence-electron chi connectivity index (χ3n) is 15.0. The van der Waals surface area contributed by atoms with Crippen LogP contribution >= 0.6 is 0 Å². The Labute approximate surface area is 502 Å². The summed E-state index contributed by atoms with van der Waals surface area (Å²) in [6, 6.07) is 0. The van der Waals surface area contributed by atoms with Crippen LogP contribution in [-0.4, -0.2) is 37.2 Å². The topological polar surface area (TPSA) is 78.9 Å². The van der Waals surface area contributed by atoms with Gasteiger partial charge in [0.15, 0.2) is 6.10 Å². The zero-order valence-corrected chi connectivity index (χ0v) is 53.5. The Morgan fingerprint density at radius 3 is 0.741 bits per heavy atom. The maximum absolute atomic E-state index is 13.0. The van der Waals surface area contributed by atoms with Crippen molar-refractivity contribution in [2.24, 2.45) is 0 Å². The SMILES string of the molecule is CCC/C=C\C/C=C\CCCCCCCC(=O)OCC(COC(=O)CCCCCCCCCCCC/C=C\C/C=C\C/C=C\CCCCCCC)OC(=O)CCCCCCCCCCCC/C=C\C/C=C\C/C=C\CCCCCCC. The maximum Gasteiger partial charge on any atom is 0.306 e. The first-order valence-electron chi connectivity index (χ1n) is 34.7. The van der Waals surface area contributed by atoms with E-state index < -0.39 is 6.10 Å². The first-order chi connectivity index (χ1) is 40.0. The van der Waals surface area contributed by atoms with Crippen molar-refractivity contribution in [3.05, 3.63) is 97.2 Å². The molecular formula is C75H130O6. The van der Waals surface area contributed by atoms with Gasteiger partial charge in [-0.15, -0.1) is 0 Å². The zero-order chi connectivity index (χ0) is 58.5. The number of carbonyl (C=O) groups is 3. The van der Waals surface area contributed by atoms with E-state index in [4.69, 9.17) is 14.2 Å². The average molecular weight is 1130 g/mol. The fraction of sp³-hybridized carbons (Fsp3) is 0.747. The summed E-state index contributed by atoms with van der Waals surface area (Å²) in [7, 11) is 0. The van der Waals surface area contributed by atoms with Crippen LogP contribution in [0, 0.1) is 0 Å². The number of rotatable bonds is 63. The lowest BCUT2D eigenvalue weighted by atomic mass is 10.0. The Morgan fingerprint density at radius 2 is 0.469 bits per heavy atom. The molecule has 0 aromatic carbocycles. The van der Waals surface area contributed by atoms with Gasteiger partial charge in [-0.05, 0) is 122 Å². The molecule has 0 rings (SSSR count). The van der Waals surface area contributed by atoms with E-state index in [-0.39, 0.29) is 31.1 Å². The molecule has 0 bridgehead atoms. The lowest BCUT2D eigenvalue weighted by Gasteiger charge is -2.18. The summed E-state index contributed by atoms with van der Waals surface area (Å²) in [5, 5.41) is 0. The van der Waals surface area contributed by atoms with Gasteiger partial charge in [0.2, 0.25) is 0 Å². The Kier molecular flexibility index (Phi) is 65.7. The molecular weight excluding hydrogens is 997 g/mol. The molecule has 6 heteroatoms. The van der Waals surface area contributed by atoms with Crippen molar-refractivity contribution in [1.82, 2.24) is 0 Å². The molecule has 1 atom stereocenters. The van der Waals surface area contributed by atoms with Crippen LogP contribution in [0.1, 0.15) is 342 Å². The minimum absolute atomic E-state index is 0.0850. The summed E-state index contributed by atoms with van der Waals surface area (Å²) >= 11 is 0. The van der Waals surface area contributed by atoms with Gasteiger partial charge in [-0.25, -0.2) is 0 Å². The highest BCUT2D eigenvalue weighted by atomic mass is 16.6. The Bertz CT molecular complexity index is 1580. The van der Waals surface area contributed by atoms with Crippen LogP contribution in [0.4, 0.5) is 0 Å². The summed E-state index contributed by atoms with van der Waals surface area (Å²) in [5.41, 5.74) is 0. The van der Waals surface area contributed by atoms with Crippen LogP contribution in [0.3, 0.4) is 0 Å². The van der Waals surface area contributed by atoms with Gasteiger partial charge >= 0.3 is 17.9 Å². The highest BCUT2D eigenvalue weighted by molar-refractivity contribution is 5.71. The molecule has 1 unspecified atom stereocenters. The van der Waals surface area contributed by atoms with E-state index in [0.29, 0.717) is 19.3 Å². The third-order valence-corrected chi connectivity index (χ3v) is 15.0. The largest absolute Gasteiger partial charge is 0.462 e. The molecule has 0 aliphatic rings. The van der Waals surface area contributed by atoms with Crippen molar-refractivity contribution < 1.29 is 28.6 Å². The Balaban J connectivity index is 4.32. The summed E-state index contributed by atoms with van der Waals surface area (Å²) in [5.74, 6) is -0.895. The van der Waals surface area contributed by atoms with E-state index in [1.54, 1.807) is 0 Å². The van der Waals surface area contributed by atoms with Gasteiger partial charge in [0.05, 0.1) is 0 Å². The molecule has 0 aliphatic heterocycles. The van der Waals surface area contributed by atoms with Crippen LogP contribution in [0.5, 0.6) is 0 Å². The molecule has 0 aromatic heterocycles. The molecule has 0 amide bonds. The van der Waals surface area contributed by atoms with Crippen LogP contribution in [0.2, 0.25) is 0 Å². The first kappa shape index (κ1) is 77.3. The first-order valence-corrected chi connectivity index (χ1v) is 34.7. The molecule has 466 valence electrons. The summed E-state index contributed by atoms with van der Waals surface area (Å²) in [4.78, 5) is 38.4. The normalized spacial score (nSPS) is 12.7. The van der Waals surface area contributed by atoms with Crippen molar-refractivity contribution in [3.8, 4) is 0 Å². The second-order valence-electron chi connectivity index (χ2n) is 23.1. The zero-order valence-electron chi connectivity index (χ0n) is 53.5. The molecule has 0 fully saturated rings. The van der Waals surface area contributed by atoms with E-state index in [0.717, 1.165) is 116 Å². The molecule has 81 heavy (non-hydrogen) atoms. The number of carbonyl (C=O) groups excluding carboxylic acids is 3. The molecule has 0 heterocycles. The molecule has 0 aromatic rings. The van der Waals surface area contributed by atoms with Crippen LogP contribution in [0.25, 0.3) is 0 Å². The second kappa shape index (κ2) is 68.8. The van der Waals surface area contributed by atoms with Crippen LogP contribution in [0.15, 0.2) is 97.2 Å². The maximum atomic E-state index is 13.0. The fourth-order valence-corrected chi connectivity index (χ4v) is 9.79. The fourth-order valence-electron chi connectivity index (χ4n) is 9.79. The van der Waals surface area contributed by atoms with Crippen molar-refractivity contribution in [3.63, 3.8) is 0 Å². The minimum atomic E-state index is -0.790. The average Bonchev–Trinajstić information content (AvgIpc) is 3.46. The predicted octanol–water partition coefficient (Wildman–Crippen LogP) is 24.0. The van der Waals surface area contributed by atoms with Crippen LogP contribution < -0.4 is 0 Å². The number of ether oxygens (including phenoxy) is 3. The number of unbranched alkanes of at least 4 members (excludes halogenated alkanes) is 36. The molecule has 0 saturated heterocycles. The van der Waals surface area contributed by atoms with Gasteiger partial charge in [-0.3, -0.25) is 14.4 Å². The van der Waals surface area contributed by atoms with Crippen LogP contribution in [-0.2, 0) is 28.6 Å². The molecule has 0 aliphatic carbocycles. The quantitative estimate of drug-likeness (QED) is 0.0261. The molecule has 0 saturated carbocycles. The molecule has 0 N–H and O–H groups in total. The highest BCUT2D eigenvalue weighted by Crippen LogP contribution is 2.16. The number of allylic oxidation sites excluding steroid dienone is 16. The number of hydrogen-bond acceptors (Lipinski definition) is 6. The van der Waals surface area contributed by atoms with Gasteiger partial charge in [0, 0.05) is 19.3 Å².